The molecule has 0 aromatic heterocycles. The molecule has 1 unspecified atom stereocenters. The van der Waals surface area contributed by atoms with Crippen LogP contribution in [0.5, 0.6) is 0 Å². The van der Waals surface area contributed by atoms with E-state index in [4.69, 9.17) is 0 Å². The fourth-order valence-corrected chi connectivity index (χ4v) is 5.15. The van der Waals surface area contributed by atoms with Gasteiger partial charge >= 0.3 is 0 Å². The smallest absolute Gasteiger partial charge is 0.0698 e. The van der Waals surface area contributed by atoms with Gasteiger partial charge in [0.25, 0.3) is 0 Å². The van der Waals surface area contributed by atoms with Gasteiger partial charge in [-0.2, -0.15) is 0 Å². The molecule has 0 saturated heterocycles. The Balaban J connectivity index is 4.62. The van der Waals surface area contributed by atoms with Crippen LogP contribution in [0.2, 0.25) is 13.1 Å². The van der Waals surface area contributed by atoms with E-state index in [1.165, 1.54) is 0 Å². The number of hydrogen-bond acceptors (Lipinski definition) is 1. The molecule has 0 fully saturated rings. The van der Waals surface area contributed by atoms with Crippen molar-refractivity contribution < 1.29 is 5.11 Å². The first-order valence-corrected chi connectivity index (χ1v) is 8.55. The molecule has 0 aliphatic rings. The van der Waals surface area contributed by atoms with Crippen molar-refractivity contribution >= 4 is 24.7 Å². The highest BCUT2D eigenvalue weighted by molar-refractivity contribution is 9.09. The lowest BCUT2D eigenvalue weighted by Crippen LogP contribution is -2.53. The van der Waals surface area contributed by atoms with Crippen molar-refractivity contribution in [1.29, 1.82) is 0 Å². The predicted molar refractivity (Wildman–Crippen MR) is 61.7 cm³/mol. The summed E-state index contributed by atoms with van der Waals surface area (Å²) in [4.78, 5) is 0. The van der Waals surface area contributed by atoms with E-state index in [-0.39, 0.29) is 5.41 Å². The standard InChI is InChI=1S/C9H21BrOSi/c1-8(2,3)9(11,6-7-10)12(4)5/h11-12H,6-7H2,1-5H3. The second-order valence-corrected chi connectivity index (χ2v) is 8.83. The van der Waals surface area contributed by atoms with Gasteiger partial charge in [0.1, 0.15) is 0 Å². The van der Waals surface area contributed by atoms with Crippen molar-refractivity contribution in [2.75, 3.05) is 5.33 Å². The van der Waals surface area contributed by atoms with Gasteiger partial charge in [0.05, 0.1) is 14.0 Å². The molecule has 0 aromatic carbocycles. The first-order chi connectivity index (χ1) is 5.25. The Morgan fingerprint density at radius 2 is 1.67 bits per heavy atom. The molecule has 3 heteroatoms. The molecule has 74 valence electrons. The molecule has 0 bridgehead atoms. The fourth-order valence-electron chi connectivity index (χ4n) is 1.67. The van der Waals surface area contributed by atoms with E-state index in [1.54, 1.807) is 0 Å². The molecular weight excluding hydrogens is 232 g/mol. The van der Waals surface area contributed by atoms with Crippen molar-refractivity contribution in [3.05, 3.63) is 0 Å². The van der Waals surface area contributed by atoms with Gasteiger partial charge in [-0.3, -0.25) is 0 Å². The Morgan fingerprint density at radius 3 is 1.75 bits per heavy atom. The molecule has 0 heterocycles. The molecule has 12 heavy (non-hydrogen) atoms. The largest absolute Gasteiger partial charge is 0.393 e. The van der Waals surface area contributed by atoms with Crippen molar-refractivity contribution in [3.63, 3.8) is 0 Å². The molecule has 0 radical (unpaired) electrons. The lowest BCUT2D eigenvalue weighted by Gasteiger charge is -2.43. The summed E-state index contributed by atoms with van der Waals surface area (Å²) >= 11 is 3.41. The zero-order chi connectivity index (χ0) is 9.99. The summed E-state index contributed by atoms with van der Waals surface area (Å²) in [5, 5.41) is 10.9. The lowest BCUT2D eigenvalue weighted by atomic mass is 9.86. The van der Waals surface area contributed by atoms with Crippen LogP contribution in [0.25, 0.3) is 0 Å². The van der Waals surface area contributed by atoms with Crippen LogP contribution in [0, 0.1) is 5.41 Å². The fraction of sp³-hybridized carbons (Fsp3) is 1.00. The van der Waals surface area contributed by atoms with E-state index in [1.807, 2.05) is 0 Å². The van der Waals surface area contributed by atoms with Crippen LogP contribution in [0.3, 0.4) is 0 Å². The van der Waals surface area contributed by atoms with Crippen LogP contribution in [-0.2, 0) is 0 Å². The molecule has 0 aliphatic heterocycles. The maximum absolute atomic E-state index is 10.5. The summed E-state index contributed by atoms with van der Waals surface area (Å²) in [5.74, 6) is 0. The molecule has 0 aromatic rings. The Kier molecular flexibility index (Phi) is 4.48. The third-order valence-electron chi connectivity index (χ3n) is 2.73. The number of alkyl halides is 1. The van der Waals surface area contributed by atoms with Gasteiger partial charge in [-0.05, 0) is 11.8 Å². The van der Waals surface area contributed by atoms with Gasteiger partial charge in [0, 0.05) is 5.33 Å². The highest BCUT2D eigenvalue weighted by atomic mass is 79.9. The Morgan fingerprint density at radius 1 is 1.25 bits per heavy atom. The van der Waals surface area contributed by atoms with Gasteiger partial charge in [-0.25, -0.2) is 0 Å². The minimum absolute atomic E-state index is 0.0150. The summed E-state index contributed by atoms with van der Waals surface area (Å²) in [6.07, 6.45) is 0.875. The third-order valence-corrected chi connectivity index (χ3v) is 6.19. The van der Waals surface area contributed by atoms with Crippen LogP contribution < -0.4 is 0 Å². The number of aliphatic hydroxyl groups is 1. The molecule has 0 spiro atoms. The van der Waals surface area contributed by atoms with Gasteiger partial charge in [0.15, 0.2) is 0 Å². The molecule has 1 nitrogen and oxygen atoms in total. The van der Waals surface area contributed by atoms with E-state index in [2.05, 4.69) is 49.8 Å². The normalized spacial score (nSPS) is 18.0. The minimum Gasteiger partial charge on any atom is -0.393 e. The Labute approximate surface area is 86.3 Å². The zero-order valence-electron chi connectivity index (χ0n) is 8.82. The van der Waals surface area contributed by atoms with E-state index in [0.29, 0.717) is 0 Å². The molecule has 1 atom stereocenters. The first kappa shape index (κ1) is 12.7. The Bertz CT molecular complexity index is 142. The molecule has 0 rings (SSSR count). The van der Waals surface area contributed by atoms with Crippen molar-refractivity contribution in [1.82, 2.24) is 0 Å². The highest BCUT2D eigenvalue weighted by Crippen LogP contribution is 2.35. The van der Waals surface area contributed by atoms with E-state index in [9.17, 15) is 5.11 Å². The number of halogens is 1. The monoisotopic (exact) mass is 252 g/mol. The third kappa shape index (κ3) is 2.57. The van der Waals surface area contributed by atoms with Gasteiger partial charge in [-0.1, -0.05) is 49.8 Å². The van der Waals surface area contributed by atoms with Crippen LogP contribution in [0.4, 0.5) is 0 Å². The van der Waals surface area contributed by atoms with Crippen LogP contribution in [0.1, 0.15) is 27.2 Å². The predicted octanol–water partition coefficient (Wildman–Crippen LogP) is 2.57. The summed E-state index contributed by atoms with van der Waals surface area (Å²) in [6, 6.07) is 0. The molecule has 0 amide bonds. The van der Waals surface area contributed by atoms with E-state index < -0.39 is 14.0 Å². The van der Waals surface area contributed by atoms with Crippen molar-refractivity contribution in [2.24, 2.45) is 5.41 Å². The zero-order valence-corrected chi connectivity index (χ0v) is 11.6. The Hall–Kier alpha value is 0.657. The topological polar surface area (TPSA) is 20.2 Å². The SMILES string of the molecule is C[SiH](C)C(O)(CCBr)C(C)(C)C. The van der Waals surface area contributed by atoms with E-state index in [0.717, 1.165) is 11.8 Å². The summed E-state index contributed by atoms with van der Waals surface area (Å²) in [5.41, 5.74) is 0.0150. The number of hydrogen-bond donors (Lipinski definition) is 1. The number of rotatable bonds is 3. The van der Waals surface area contributed by atoms with E-state index >= 15 is 0 Å². The van der Waals surface area contributed by atoms with Crippen molar-refractivity contribution in [2.45, 2.75) is 45.5 Å². The quantitative estimate of drug-likeness (QED) is 0.605. The lowest BCUT2D eigenvalue weighted by molar-refractivity contribution is 0.0107. The average Bonchev–Trinajstić information content (AvgIpc) is 1.85. The molecule has 1 N–H and O–H groups in total. The maximum Gasteiger partial charge on any atom is 0.0698 e. The van der Waals surface area contributed by atoms with Gasteiger partial charge in [-0.15, -0.1) is 0 Å². The average molecular weight is 253 g/mol. The summed E-state index contributed by atoms with van der Waals surface area (Å²) in [7, 11) is -1.02. The molecule has 0 aliphatic carbocycles. The summed E-state index contributed by atoms with van der Waals surface area (Å²) < 4.78 is 0. The van der Waals surface area contributed by atoms with Crippen molar-refractivity contribution in [3.8, 4) is 0 Å². The second kappa shape index (κ2) is 4.25. The van der Waals surface area contributed by atoms with Crippen LogP contribution in [-0.4, -0.2) is 24.5 Å². The maximum atomic E-state index is 10.5. The second-order valence-electron chi connectivity index (χ2n) is 4.77. The van der Waals surface area contributed by atoms with Crippen LogP contribution in [0.15, 0.2) is 0 Å². The first-order valence-electron chi connectivity index (χ1n) is 4.54. The molecular formula is C9H21BrOSi. The minimum atomic E-state index is -1.02. The summed E-state index contributed by atoms with van der Waals surface area (Å²) in [6.45, 7) is 10.8. The van der Waals surface area contributed by atoms with Gasteiger partial charge < -0.3 is 5.11 Å². The molecule has 0 saturated carbocycles. The van der Waals surface area contributed by atoms with Gasteiger partial charge in [0.2, 0.25) is 0 Å². The van der Waals surface area contributed by atoms with Crippen LogP contribution >= 0.6 is 15.9 Å². The highest BCUT2D eigenvalue weighted by Gasteiger charge is 2.42.